The zero-order valence-electron chi connectivity index (χ0n) is 9.90. The number of hydrogen-bond acceptors (Lipinski definition) is 2. The highest BCUT2D eigenvalue weighted by atomic mass is 35.5. The van der Waals surface area contributed by atoms with Crippen LogP contribution < -0.4 is 5.32 Å². The second-order valence-electron chi connectivity index (χ2n) is 4.22. The predicted octanol–water partition coefficient (Wildman–Crippen LogP) is 3.07. The third-order valence-corrected chi connectivity index (χ3v) is 3.62. The molecule has 0 saturated carbocycles. The Morgan fingerprint density at radius 1 is 1.32 bits per heavy atom. The van der Waals surface area contributed by atoms with Crippen LogP contribution in [0.15, 0.2) is 18.2 Å². The fourth-order valence-electron chi connectivity index (χ4n) is 2.06. The van der Waals surface area contributed by atoms with Gasteiger partial charge in [0.05, 0.1) is 15.7 Å². The summed E-state index contributed by atoms with van der Waals surface area (Å²) in [4.78, 5) is 24.4. The number of carboxylic acids is 1. The van der Waals surface area contributed by atoms with Crippen LogP contribution in [-0.4, -0.2) is 34.6 Å². The van der Waals surface area contributed by atoms with Crippen molar-refractivity contribution in [2.75, 3.05) is 11.9 Å². The summed E-state index contributed by atoms with van der Waals surface area (Å²) in [6, 6.07) is 3.57. The molecule has 19 heavy (non-hydrogen) atoms. The normalized spacial score (nSPS) is 18.4. The molecule has 1 heterocycles. The molecule has 0 radical (unpaired) electrons. The lowest BCUT2D eigenvalue weighted by Gasteiger charge is -2.22. The Bertz CT molecular complexity index is 501. The number of para-hydroxylation sites is 1. The van der Waals surface area contributed by atoms with Gasteiger partial charge in [0.25, 0.3) is 0 Å². The smallest absolute Gasteiger partial charge is 0.326 e. The Morgan fingerprint density at radius 3 is 2.53 bits per heavy atom. The van der Waals surface area contributed by atoms with Crippen LogP contribution in [0.4, 0.5) is 10.5 Å². The van der Waals surface area contributed by atoms with Crippen LogP contribution in [0.1, 0.15) is 12.8 Å². The van der Waals surface area contributed by atoms with Crippen LogP contribution in [0.2, 0.25) is 10.0 Å². The number of nitrogens with zero attached hydrogens (tertiary/aromatic N) is 1. The summed E-state index contributed by atoms with van der Waals surface area (Å²) in [6.45, 7) is 0.408. The minimum atomic E-state index is -1.00. The first-order valence-corrected chi connectivity index (χ1v) is 6.50. The Kier molecular flexibility index (Phi) is 4.17. The van der Waals surface area contributed by atoms with Crippen LogP contribution >= 0.6 is 23.2 Å². The molecule has 1 atom stereocenters. The number of carbonyl (C=O) groups excluding carboxylic acids is 1. The second-order valence-corrected chi connectivity index (χ2v) is 5.03. The highest BCUT2D eigenvalue weighted by Gasteiger charge is 2.34. The molecule has 2 rings (SSSR count). The average molecular weight is 303 g/mol. The zero-order valence-corrected chi connectivity index (χ0v) is 11.4. The number of rotatable bonds is 2. The molecule has 7 heteroatoms. The molecule has 2 amide bonds. The first-order chi connectivity index (χ1) is 9.00. The van der Waals surface area contributed by atoms with E-state index in [1.54, 1.807) is 18.2 Å². The first-order valence-electron chi connectivity index (χ1n) is 5.75. The van der Waals surface area contributed by atoms with Crippen molar-refractivity contribution < 1.29 is 14.7 Å². The van der Waals surface area contributed by atoms with Gasteiger partial charge < -0.3 is 15.3 Å². The summed E-state index contributed by atoms with van der Waals surface area (Å²) in [5.41, 5.74) is 0.298. The van der Waals surface area contributed by atoms with E-state index in [1.165, 1.54) is 4.90 Å². The van der Waals surface area contributed by atoms with Gasteiger partial charge in [-0.2, -0.15) is 0 Å². The maximum absolute atomic E-state index is 12.1. The fraction of sp³-hybridized carbons (Fsp3) is 0.333. The summed E-state index contributed by atoms with van der Waals surface area (Å²) in [5.74, 6) is -1.00. The predicted molar refractivity (Wildman–Crippen MR) is 72.8 cm³/mol. The van der Waals surface area contributed by atoms with Crippen molar-refractivity contribution in [3.05, 3.63) is 28.2 Å². The van der Waals surface area contributed by atoms with Crippen LogP contribution in [0.25, 0.3) is 0 Å². The highest BCUT2D eigenvalue weighted by Crippen LogP contribution is 2.30. The van der Waals surface area contributed by atoms with Gasteiger partial charge in [-0.25, -0.2) is 9.59 Å². The van der Waals surface area contributed by atoms with Gasteiger partial charge in [0.1, 0.15) is 6.04 Å². The SMILES string of the molecule is O=C(O)[C@H]1CCCN1C(=O)Nc1c(Cl)cccc1Cl. The number of hydrogen-bond donors (Lipinski definition) is 2. The van der Waals surface area contributed by atoms with Gasteiger partial charge in [0.2, 0.25) is 0 Å². The third-order valence-electron chi connectivity index (χ3n) is 2.99. The molecule has 1 fully saturated rings. The summed E-state index contributed by atoms with van der Waals surface area (Å²) in [5, 5.41) is 12.2. The van der Waals surface area contributed by atoms with Crippen LogP contribution in [0.3, 0.4) is 0 Å². The number of carboxylic acid groups (broad SMARTS) is 1. The fourth-order valence-corrected chi connectivity index (χ4v) is 2.55. The van der Waals surface area contributed by atoms with Gasteiger partial charge in [-0.15, -0.1) is 0 Å². The standard InChI is InChI=1S/C12H12Cl2N2O3/c13-7-3-1-4-8(14)10(7)15-12(19)16-6-2-5-9(16)11(17)18/h1,3-4,9H,2,5-6H2,(H,15,19)(H,17,18)/t9-/m1/s1. The van der Waals surface area contributed by atoms with Crippen molar-refractivity contribution in [3.63, 3.8) is 0 Å². The number of likely N-dealkylation sites (tertiary alicyclic amines) is 1. The lowest BCUT2D eigenvalue weighted by Crippen LogP contribution is -2.42. The first kappa shape index (κ1) is 14.0. The van der Waals surface area contributed by atoms with Crippen molar-refractivity contribution in [2.24, 2.45) is 0 Å². The number of anilines is 1. The number of carbonyl (C=O) groups is 2. The monoisotopic (exact) mass is 302 g/mol. The van der Waals surface area contributed by atoms with Crippen molar-refractivity contribution in [3.8, 4) is 0 Å². The van der Waals surface area contributed by atoms with Gasteiger partial charge in [-0.3, -0.25) is 0 Å². The molecule has 0 bridgehead atoms. The topological polar surface area (TPSA) is 69.6 Å². The molecule has 0 unspecified atom stereocenters. The maximum Gasteiger partial charge on any atom is 0.326 e. The third kappa shape index (κ3) is 2.93. The number of nitrogens with one attached hydrogen (secondary N) is 1. The molecule has 1 aromatic carbocycles. The van der Waals surface area contributed by atoms with E-state index in [1.807, 2.05) is 0 Å². The number of benzene rings is 1. The van der Waals surface area contributed by atoms with Gasteiger partial charge in [-0.05, 0) is 25.0 Å². The molecule has 5 nitrogen and oxygen atoms in total. The molecule has 1 aromatic rings. The van der Waals surface area contributed by atoms with E-state index < -0.39 is 18.0 Å². The van der Waals surface area contributed by atoms with Crippen molar-refractivity contribution in [1.82, 2.24) is 4.90 Å². The quantitative estimate of drug-likeness (QED) is 0.882. The van der Waals surface area contributed by atoms with E-state index in [4.69, 9.17) is 28.3 Å². The van der Waals surface area contributed by atoms with Crippen LogP contribution in [0.5, 0.6) is 0 Å². The Hall–Kier alpha value is -1.46. The van der Waals surface area contributed by atoms with E-state index in [0.29, 0.717) is 35.1 Å². The van der Waals surface area contributed by atoms with E-state index in [0.717, 1.165) is 0 Å². The number of halogens is 2. The summed E-state index contributed by atoms with van der Waals surface area (Å²) in [6.07, 6.45) is 1.12. The zero-order chi connectivity index (χ0) is 14.0. The molecular weight excluding hydrogens is 291 g/mol. The largest absolute Gasteiger partial charge is 0.480 e. The molecular formula is C12H12Cl2N2O3. The van der Waals surface area contributed by atoms with Crippen molar-refractivity contribution in [1.29, 1.82) is 0 Å². The molecule has 0 aliphatic carbocycles. The van der Waals surface area contributed by atoms with E-state index >= 15 is 0 Å². The molecule has 1 aliphatic heterocycles. The van der Waals surface area contributed by atoms with Gasteiger partial charge in [0, 0.05) is 6.54 Å². The number of amides is 2. The highest BCUT2D eigenvalue weighted by molar-refractivity contribution is 6.39. The molecule has 0 aromatic heterocycles. The van der Waals surface area contributed by atoms with Gasteiger partial charge >= 0.3 is 12.0 Å². The Labute approximate surface area is 120 Å². The van der Waals surface area contributed by atoms with E-state index in [2.05, 4.69) is 5.32 Å². The van der Waals surface area contributed by atoms with Crippen molar-refractivity contribution in [2.45, 2.75) is 18.9 Å². The lowest BCUT2D eigenvalue weighted by atomic mass is 10.2. The second kappa shape index (κ2) is 5.67. The summed E-state index contributed by atoms with van der Waals surface area (Å²) >= 11 is 11.9. The molecule has 2 N–H and O–H groups in total. The number of urea groups is 1. The van der Waals surface area contributed by atoms with Crippen LogP contribution in [-0.2, 0) is 4.79 Å². The van der Waals surface area contributed by atoms with E-state index in [9.17, 15) is 9.59 Å². The molecule has 1 aliphatic rings. The molecule has 0 spiro atoms. The Morgan fingerprint density at radius 2 is 1.95 bits per heavy atom. The summed E-state index contributed by atoms with van der Waals surface area (Å²) in [7, 11) is 0. The maximum atomic E-state index is 12.1. The minimum Gasteiger partial charge on any atom is -0.480 e. The van der Waals surface area contributed by atoms with Crippen LogP contribution in [0, 0.1) is 0 Å². The lowest BCUT2D eigenvalue weighted by molar-refractivity contribution is -0.141. The Balaban J connectivity index is 2.15. The average Bonchev–Trinajstić information content (AvgIpc) is 2.83. The van der Waals surface area contributed by atoms with Crippen molar-refractivity contribution >= 4 is 40.9 Å². The van der Waals surface area contributed by atoms with E-state index in [-0.39, 0.29) is 0 Å². The molecule has 102 valence electrons. The number of aliphatic carboxylic acids is 1. The van der Waals surface area contributed by atoms with Gasteiger partial charge in [0.15, 0.2) is 0 Å². The molecule has 1 saturated heterocycles. The van der Waals surface area contributed by atoms with Gasteiger partial charge in [-0.1, -0.05) is 29.3 Å². The minimum absolute atomic E-state index is 0.298. The summed E-state index contributed by atoms with van der Waals surface area (Å²) < 4.78 is 0.